The largest absolute Gasteiger partial charge is 0.391 e. The third-order valence-corrected chi connectivity index (χ3v) is 7.11. The van der Waals surface area contributed by atoms with Crippen molar-refractivity contribution in [3.63, 3.8) is 0 Å². The van der Waals surface area contributed by atoms with Crippen molar-refractivity contribution in [1.29, 1.82) is 0 Å². The molecule has 1 heterocycles. The van der Waals surface area contributed by atoms with Crippen LogP contribution in [0.4, 0.5) is 0 Å². The number of allylic oxidation sites excluding steroid dienone is 5. The minimum Gasteiger partial charge on any atom is -0.391 e. The van der Waals surface area contributed by atoms with Crippen LogP contribution in [-0.2, 0) is 0 Å². The molecule has 0 spiro atoms. The summed E-state index contributed by atoms with van der Waals surface area (Å²) in [5.74, 6) is 0.784. The van der Waals surface area contributed by atoms with Crippen LogP contribution >= 0.6 is 0 Å². The predicted octanol–water partition coefficient (Wildman–Crippen LogP) is 9.88. The summed E-state index contributed by atoms with van der Waals surface area (Å²) in [5.41, 5.74) is 1.40. The zero-order chi connectivity index (χ0) is 25.2. The molecule has 0 aliphatic carbocycles. The first-order chi connectivity index (χ1) is 17.3. The highest BCUT2D eigenvalue weighted by Gasteiger charge is 2.14. The Morgan fingerprint density at radius 2 is 1.51 bits per heavy atom. The monoisotopic (exact) mass is 483 g/mol. The molecule has 0 saturated heterocycles. The van der Waals surface area contributed by atoms with Crippen molar-refractivity contribution in [3.8, 4) is 0 Å². The smallest absolute Gasteiger partial charge is 0.164 e. The van der Waals surface area contributed by atoms with Gasteiger partial charge in [0.15, 0.2) is 6.20 Å². The highest BCUT2D eigenvalue weighted by Crippen LogP contribution is 2.16. The molecule has 1 N–H and O–H groups in total. The summed E-state index contributed by atoms with van der Waals surface area (Å²) >= 11 is 0. The molecule has 0 aromatic rings. The van der Waals surface area contributed by atoms with Gasteiger partial charge in [-0.2, -0.15) is 0 Å². The van der Waals surface area contributed by atoms with Crippen LogP contribution in [0.3, 0.4) is 0 Å². The van der Waals surface area contributed by atoms with E-state index in [1.807, 2.05) is 6.08 Å². The molecule has 1 rings (SSSR count). The van der Waals surface area contributed by atoms with Crippen LogP contribution in [0, 0.1) is 5.92 Å². The van der Waals surface area contributed by atoms with E-state index in [1.165, 1.54) is 134 Å². The zero-order valence-electron chi connectivity index (χ0n) is 23.6. The van der Waals surface area contributed by atoms with Gasteiger partial charge in [-0.3, -0.25) is 0 Å². The molecule has 0 aromatic carbocycles. The second-order valence-electron chi connectivity index (χ2n) is 10.5. The Morgan fingerprint density at radius 3 is 2.20 bits per heavy atom. The summed E-state index contributed by atoms with van der Waals surface area (Å²) < 4.78 is 2.47. The lowest BCUT2D eigenvalue weighted by atomic mass is 9.97. The highest BCUT2D eigenvalue weighted by molar-refractivity contribution is 5.56. The molecule has 35 heavy (non-hydrogen) atoms. The van der Waals surface area contributed by atoms with Crippen molar-refractivity contribution >= 4 is 6.21 Å². The molecule has 0 fully saturated rings. The maximum absolute atomic E-state index is 3.79. The number of unbranched alkanes of at least 4 members (excludes halogenated alkanes) is 13. The molecule has 0 bridgehead atoms. The van der Waals surface area contributed by atoms with E-state index in [4.69, 9.17) is 0 Å². The van der Waals surface area contributed by atoms with Gasteiger partial charge < -0.3 is 5.32 Å². The van der Waals surface area contributed by atoms with E-state index in [2.05, 4.69) is 67.2 Å². The van der Waals surface area contributed by atoms with Crippen molar-refractivity contribution in [2.45, 2.75) is 136 Å². The fourth-order valence-electron chi connectivity index (χ4n) is 4.86. The van der Waals surface area contributed by atoms with Gasteiger partial charge in [-0.05, 0) is 56.4 Å². The Morgan fingerprint density at radius 1 is 0.857 bits per heavy atom. The summed E-state index contributed by atoms with van der Waals surface area (Å²) in [4.78, 5) is 0. The predicted molar refractivity (Wildman–Crippen MR) is 158 cm³/mol. The fraction of sp³-hybridized carbons (Fsp3) is 0.727. The van der Waals surface area contributed by atoms with Crippen LogP contribution < -0.4 is 5.32 Å². The third kappa shape index (κ3) is 19.3. The number of hydrogen-bond acceptors (Lipinski definition) is 1. The Labute approximate surface area is 219 Å². The molecular weight excluding hydrogens is 424 g/mol. The minimum atomic E-state index is 0.784. The minimum absolute atomic E-state index is 0.784. The van der Waals surface area contributed by atoms with Gasteiger partial charge in [-0.25, -0.2) is 4.58 Å². The number of rotatable bonds is 24. The van der Waals surface area contributed by atoms with E-state index in [1.54, 1.807) is 0 Å². The summed E-state index contributed by atoms with van der Waals surface area (Å²) in [6.45, 7) is 10.7. The highest BCUT2D eigenvalue weighted by atomic mass is 15.0. The van der Waals surface area contributed by atoms with Crippen LogP contribution in [-0.4, -0.2) is 23.9 Å². The van der Waals surface area contributed by atoms with Crippen molar-refractivity contribution < 1.29 is 4.58 Å². The first kappa shape index (κ1) is 31.5. The van der Waals surface area contributed by atoms with Gasteiger partial charge in [0.2, 0.25) is 0 Å². The van der Waals surface area contributed by atoms with E-state index < -0.39 is 0 Å². The molecule has 1 aliphatic heterocycles. The molecule has 0 amide bonds. The lowest BCUT2D eigenvalue weighted by Gasteiger charge is -2.12. The first-order valence-corrected chi connectivity index (χ1v) is 15.3. The van der Waals surface area contributed by atoms with Crippen LogP contribution in [0.15, 0.2) is 48.9 Å². The summed E-state index contributed by atoms with van der Waals surface area (Å²) in [7, 11) is 0. The van der Waals surface area contributed by atoms with Gasteiger partial charge in [-0.1, -0.05) is 116 Å². The molecule has 2 nitrogen and oxygen atoms in total. The van der Waals surface area contributed by atoms with Crippen molar-refractivity contribution in [2.24, 2.45) is 5.92 Å². The molecule has 0 radical (unpaired) electrons. The molecule has 0 aromatic heterocycles. The average molecular weight is 484 g/mol. The van der Waals surface area contributed by atoms with Crippen LogP contribution in [0.5, 0.6) is 0 Å². The number of hydrogen-bond donors (Lipinski definition) is 1. The molecule has 1 aliphatic rings. The van der Waals surface area contributed by atoms with Gasteiger partial charge in [-0.15, -0.1) is 0 Å². The van der Waals surface area contributed by atoms with Gasteiger partial charge >= 0.3 is 0 Å². The van der Waals surface area contributed by atoms with Gasteiger partial charge in [0.05, 0.1) is 0 Å². The second kappa shape index (κ2) is 24.1. The SMILES string of the molecule is C=C/C=C\C(=C/NCCCCCCCCCCCC[N+]1=CC(CCCCC)CC=C1)CCCCC. The molecule has 0 saturated carbocycles. The van der Waals surface area contributed by atoms with Crippen LogP contribution in [0.25, 0.3) is 0 Å². The molecule has 1 unspecified atom stereocenters. The summed E-state index contributed by atoms with van der Waals surface area (Å²) in [6.07, 6.45) is 41.2. The van der Waals surface area contributed by atoms with Gasteiger partial charge in [0.1, 0.15) is 12.8 Å². The first-order valence-electron chi connectivity index (χ1n) is 15.3. The Balaban J connectivity index is 1.94. The Bertz CT molecular complexity index is 611. The lowest BCUT2D eigenvalue weighted by Crippen LogP contribution is -2.18. The van der Waals surface area contributed by atoms with Crippen molar-refractivity contribution in [2.75, 3.05) is 13.1 Å². The molecule has 2 heteroatoms. The molecule has 1 atom stereocenters. The number of nitrogens with zero attached hydrogens (tertiary/aromatic N) is 1. The fourth-order valence-corrected chi connectivity index (χ4v) is 4.86. The normalized spacial score (nSPS) is 16.1. The summed E-state index contributed by atoms with van der Waals surface area (Å²) in [6, 6.07) is 0. The van der Waals surface area contributed by atoms with Gasteiger partial charge in [0, 0.05) is 18.9 Å². The zero-order valence-corrected chi connectivity index (χ0v) is 23.6. The third-order valence-electron chi connectivity index (χ3n) is 7.11. The van der Waals surface area contributed by atoms with E-state index >= 15 is 0 Å². The molecule has 200 valence electrons. The van der Waals surface area contributed by atoms with Gasteiger partial charge in [0.25, 0.3) is 0 Å². The lowest BCUT2D eigenvalue weighted by molar-refractivity contribution is -0.457. The standard InChI is InChI=1S/C33H59N2/c1-4-7-18-24-32(23-9-6-3)30-34-27-20-16-14-12-10-11-13-15-17-21-28-35-29-22-26-33(31-35)25-19-8-5-2/h6,9,22-23,29-31,33-34H,3-5,7-8,10-21,24-28H2,1-2H3/q+1/b23-9-,32-30+. The van der Waals surface area contributed by atoms with Crippen molar-refractivity contribution in [1.82, 2.24) is 5.32 Å². The topological polar surface area (TPSA) is 15.0 Å². The van der Waals surface area contributed by atoms with E-state index in [0.717, 1.165) is 12.5 Å². The maximum atomic E-state index is 3.79. The van der Waals surface area contributed by atoms with E-state index in [0.29, 0.717) is 0 Å². The molecular formula is C33H59N2+. The Hall–Kier alpha value is -1.57. The Kier molecular flexibility index (Phi) is 21.7. The quantitative estimate of drug-likeness (QED) is 0.0819. The van der Waals surface area contributed by atoms with Crippen LogP contribution in [0.1, 0.15) is 136 Å². The second-order valence-corrected chi connectivity index (χ2v) is 10.5. The van der Waals surface area contributed by atoms with E-state index in [9.17, 15) is 0 Å². The van der Waals surface area contributed by atoms with Crippen LogP contribution in [0.2, 0.25) is 0 Å². The number of nitrogens with one attached hydrogen (secondary N) is 1. The summed E-state index contributed by atoms with van der Waals surface area (Å²) in [5, 5.41) is 3.53. The maximum Gasteiger partial charge on any atom is 0.164 e. The average Bonchev–Trinajstić information content (AvgIpc) is 2.87. The van der Waals surface area contributed by atoms with Crippen molar-refractivity contribution in [3.05, 3.63) is 48.9 Å². The van der Waals surface area contributed by atoms with E-state index in [-0.39, 0.29) is 0 Å².